The molecule has 0 heterocycles. The van der Waals surface area contributed by atoms with E-state index in [2.05, 4.69) is 0 Å². The van der Waals surface area contributed by atoms with Crippen LogP contribution in [0.2, 0.25) is 5.02 Å². The minimum atomic E-state index is -0.791. The second-order valence-electron chi connectivity index (χ2n) is 6.28. The van der Waals surface area contributed by atoms with Crippen molar-refractivity contribution in [2.75, 3.05) is 0 Å². The van der Waals surface area contributed by atoms with Gasteiger partial charge in [0.2, 0.25) is 0 Å². The van der Waals surface area contributed by atoms with Gasteiger partial charge in [0.25, 0.3) is 0 Å². The first-order valence-corrected chi connectivity index (χ1v) is 8.89. The first-order chi connectivity index (χ1) is 12.6. The molecule has 130 valence electrons. The highest BCUT2D eigenvalue weighted by atomic mass is 35.5. The molecule has 0 saturated carbocycles. The predicted molar refractivity (Wildman–Crippen MR) is 105 cm³/mol. The Morgan fingerprint density at radius 1 is 0.692 bits per heavy atom. The van der Waals surface area contributed by atoms with Crippen molar-refractivity contribution in [2.45, 2.75) is 12.8 Å². The molecule has 0 N–H and O–H groups in total. The van der Waals surface area contributed by atoms with Crippen LogP contribution >= 0.6 is 11.6 Å². The molecule has 0 aliphatic carbocycles. The van der Waals surface area contributed by atoms with Gasteiger partial charge in [-0.25, -0.2) is 0 Å². The van der Waals surface area contributed by atoms with E-state index in [0.29, 0.717) is 16.1 Å². The van der Waals surface area contributed by atoms with Crippen LogP contribution in [0.5, 0.6) is 0 Å². The third-order valence-electron chi connectivity index (χ3n) is 4.58. The first kappa shape index (κ1) is 18.1. The van der Waals surface area contributed by atoms with Crippen LogP contribution in [-0.4, -0.2) is 11.6 Å². The van der Waals surface area contributed by atoms with E-state index in [1.165, 1.54) is 0 Å². The van der Waals surface area contributed by atoms with E-state index in [-0.39, 0.29) is 17.5 Å². The Hall–Kier alpha value is -2.71. The lowest BCUT2D eigenvalue weighted by atomic mass is 9.78. The largest absolute Gasteiger partial charge is 0.293 e. The molecule has 2 nitrogen and oxygen atoms in total. The highest BCUT2D eigenvalue weighted by Gasteiger charge is 2.34. The lowest BCUT2D eigenvalue weighted by Gasteiger charge is -2.22. The molecule has 0 amide bonds. The monoisotopic (exact) mass is 362 g/mol. The molecular formula is C23H19ClO2. The van der Waals surface area contributed by atoms with Gasteiger partial charge in [0.05, 0.1) is 5.92 Å². The molecular weight excluding hydrogens is 344 g/mol. The molecule has 26 heavy (non-hydrogen) atoms. The lowest BCUT2D eigenvalue weighted by molar-refractivity contribution is 0.0787. The van der Waals surface area contributed by atoms with Crippen molar-refractivity contribution in [2.24, 2.45) is 5.92 Å². The van der Waals surface area contributed by atoms with Gasteiger partial charge in [-0.3, -0.25) is 9.59 Å². The summed E-state index contributed by atoms with van der Waals surface area (Å²) in [5, 5.41) is 0.559. The maximum absolute atomic E-state index is 13.2. The average molecular weight is 363 g/mol. The van der Waals surface area contributed by atoms with Gasteiger partial charge in [0.15, 0.2) is 11.6 Å². The van der Waals surface area contributed by atoms with E-state index in [0.717, 1.165) is 5.56 Å². The molecule has 3 rings (SSSR count). The molecule has 0 saturated heterocycles. The highest BCUT2D eigenvalue weighted by molar-refractivity contribution is 6.30. The Kier molecular flexibility index (Phi) is 5.65. The zero-order valence-electron chi connectivity index (χ0n) is 14.4. The van der Waals surface area contributed by atoms with Gasteiger partial charge in [-0.05, 0) is 35.7 Å². The van der Waals surface area contributed by atoms with Gasteiger partial charge < -0.3 is 0 Å². The van der Waals surface area contributed by atoms with Crippen LogP contribution in [0.25, 0.3) is 0 Å². The lowest BCUT2D eigenvalue weighted by Crippen LogP contribution is -2.29. The summed E-state index contributed by atoms with van der Waals surface area (Å²) in [5.74, 6) is -1.39. The molecule has 0 aliphatic rings. The summed E-state index contributed by atoms with van der Waals surface area (Å²) in [7, 11) is 0. The molecule has 0 radical (unpaired) electrons. The molecule has 3 aromatic rings. The van der Waals surface area contributed by atoms with E-state index in [4.69, 9.17) is 11.6 Å². The predicted octanol–water partition coefficient (Wildman–Crippen LogP) is 5.83. The number of benzene rings is 3. The number of rotatable bonds is 6. The van der Waals surface area contributed by atoms with Crippen molar-refractivity contribution in [3.63, 3.8) is 0 Å². The zero-order chi connectivity index (χ0) is 18.5. The number of carbonyl (C=O) groups is 2. The zero-order valence-corrected chi connectivity index (χ0v) is 15.2. The Balaban J connectivity index is 2.02. The third-order valence-corrected chi connectivity index (χ3v) is 4.83. The normalized spacial score (nSPS) is 13.0. The number of Topliss-reactive ketones (excluding diaryl/α,β-unsaturated/α-hetero) is 2. The van der Waals surface area contributed by atoms with Crippen LogP contribution in [-0.2, 0) is 0 Å². The topological polar surface area (TPSA) is 34.1 Å². The molecule has 0 fully saturated rings. The maximum atomic E-state index is 13.2. The summed E-state index contributed by atoms with van der Waals surface area (Å²) in [4.78, 5) is 26.4. The Bertz CT molecular complexity index is 887. The Labute approximate surface area is 158 Å². The first-order valence-electron chi connectivity index (χ1n) is 8.52. The fraction of sp³-hybridized carbons (Fsp3) is 0.130. The highest BCUT2D eigenvalue weighted by Crippen LogP contribution is 2.30. The number of hydrogen-bond acceptors (Lipinski definition) is 2. The van der Waals surface area contributed by atoms with Gasteiger partial charge in [-0.2, -0.15) is 0 Å². The van der Waals surface area contributed by atoms with E-state index >= 15 is 0 Å². The summed E-state index contributed by atoms with van der Waals surface area (Å²) >= 11 is 5.93. The standard InChI is InChI=1S/C23H19ClO2/c1-16(17-8-4-2-5-9-17)21(22(25)18-10-6-3-7-11-18)23(26)19-12-14-20(24)15-13-19/h2-16,21H,1H3. The second-order valence-corrected chi connectivity index (χ2v) is 6.71. The summed E-state index contributed by atoms with van der Waals surface area (Å²) in [6.07, 6.45) is 0. The molecule has 0 aliphatic heterocycles. The van der Waals surface area contributed by atoms with Gasteiger partial charge >= 0.3 is 0 Å². The van der Waals surface area contributed by atoms with Crippen LogP contribution in [0.4, 0.5) is 0 Å². The van der Waals surface area contributed by atoms with Crippen molar-refractivity contribution in [1.82, 2.24) is 0 Å². The van der Waals surface area contributed by atoms with Crippen molar-refractivity contribution in [1.29, 1.82) is 0 Å². The van der Waals surface area contributed by atoms with Crippen LogP contribution in [0.15, 0.2) is 84.9 Å². The van der Waals surface area contributed by atoms with Gasteiger partial charge in [-0.15, -0.1) is 0 Å². The second kappa shape index (κ2) is 8.11. The Morgan fingerprint density at radius 2 is 1.15 bits per heavy atom. The minimum absolute atomic E-state index is 0.165. The fourth-order valence-corrected chi connectivity index (χ4v) is 3.22. The maximum Gasteiger partial charge on any atom is 0.174 e. The minimum Gasteiger partial charge on any atom is -0.293 e. The van der Waals surface area contributed by atoms with E-state index in [9.17, 15) is 9.59 Å². The van der Waals surface area contributed by atoms with Crippen molar-refractivity contribution < 1.29 is 9.59 Å². The van der Waals surface area contributed by atoms with Crippen molar-refractivity contribution in [3.05, 3.63) is 107 Å². The third kappa shape index (κ3) is 3.92. The van der Waals surface area contributed by atoms with Crippen molar-refractivity contribution >= 4 is 23.2 Å². The number of halogens is 1. The van der Waals surface area contributed by atoms with E-state index in [1.54, 1.807) is 36.4 Å². The molecule has 0 bridgehead atoms. The molecule has 3 heteroatoms. The van der Waals surface area contributed by atoms with Gasteiger partial charge in [0.1, 0.15) is 0 Å². The fourth-order valence-electron chi connectivity index (χ4n) is 3.10. The number of ketones is 2. The summed E-state index contributed by atoms with van der Waals surface area (Å²) < 4.78 is 0. The van der Waals surface area contributed by atoms with Crippen molar-refractivity contribution in [3.8, 4) is 0 Å². The molecule has 2 unspecified atom stereocenters. The van der Waals surface area contributed by atoms with Crippen LogP contribution in [0.3, 0.4) is 0 Å². The molecule has 2 atom stereocenters. The molecule has 0 spiro atoms. The van der Waals surface area contributed by atoms with Gasteiger partial charge in [0, 0.05) is 16.1 Å². The van der Waals surface area contributed by atoms with Crippen LogP contribution in [0, 0.1) is 5.92 Å². The van der Waals surface area contributed by atoms with Crippen LogP contribution < -0.4 is 0 Å². The average Bonchev–Trinajstić information content (AvgIpc) is 2.69. The van der Waals surface area contributed by atoms with E-state index < -0.39 is 5.92 Å². The van der Waals surface area contributed by atoms with Gasteiger partial charge in [-0.1, -0.05) is 79.2 Å². The summed E-state index contributed by atoms with van der Waals surface area (Å²) in [6.45, 7) is 1.93. The summed E-state index contributed by atoms with van der Waals surface area (Å²) in [5.41, 5.74) is 2.00. The smallest absolute Gasteiger partial charge is 0.174 e. The van der Waals surface area contributed by atoms with E-state index in [1.807, 2.05) is 55.5 Å². The summed E-state index contributed by atoms with van der Waals surface area (Å²) in [6, 6.07) is 25.3. The number of hydrogen-bond donors (Lipinski definition) is 0. The number of carbonyl (C=O) groups excluding carboxylic acids is 2. The molecule has 0 aromatic heterocycles. The van der Waals surface area contributed by atoms with Crippen LogP contribution in [0.1, 0.15) is 39.1 Å². The molecule has 3 aromatic carbocycles. The Morgan fingerprint density at radius 3 is 1.69 bits per heavy atom. The quantitative estimate of drug-likeness (QED) is 0.408. The SMILES string of the molecule is CC(c1ccccc1)C(C(=O)c1ccccc1)C(=O)c1ccc(Cl)cc1.